The Balaban J connectivity index is 1.48. The highest BCUT2D eigenvalue weighted by Gasteiger charge is 2.42. The van der Waals surface area contributed by atoms with E-state index in [-0.39, 0.29) is 0 Å². The van der Waals surface area contributed by atoms with Crippen molar-refractivity contribution in [1.29, 1.82) is 0 Å². The molecule has 0 radical (unpaired) electrons. The quantitative estimate of drug-likeness (QED) is 0.427. The molecule has 1 atom stereocenters. The molecule has 8 heteroatoms. The lowest BCUT2D eigenvalue weighted by atomic mass is 9.71. The van der Waals surface area contributed by atoms with Gasteiger partial charge in [0.05, 0.1) is 21.4 Å². The molecular formula is C24H27Cl2N5S. The second kappa shape index (κ2) is 8.88. The Hall–Kier alpha value is -1.76. The number of anilines is 1. The number of nitrogens with zero attached hydrogens (tertiary/aromatic N) is 4. The van der Waals surface area contributed by atoms with Crippen LogP contribution in [-0.4, -0.2) is 33.3 Å². The van der Waals surface area contributed by atoms with Gasteiger partial charge < -0.3 is 4.90 Å². The van der Waals surface area contributed by atoms with Gasteiger partial charge in [-0.2, -0.15) is 5.10 Å². The second-order valence-corrected chi connectivity index (χ2v) is 10.9. The lowest BCUT2D eigenvalue weighted by molar-refractivity contribution is 0.161. The number of aromatic amines is 1. The smallest absolute Gasteiger partial charge is 0.157 e. The van der Waals surface area contributed by atoms with E-state index in [1.807, 2.05) is 25.1 Å². The molecule has 32 heavy (non-hydrogen) atoms. The molecule has 168 valence electrons. The highest BCUT2D eigenvalue weighted by molar-refractivity contribution is 7.99. The Kier molecular flexibility index (Phi) is 6.12. The molecule has 1 N–H and O–H groups in total. The average molecular weight is 488 g/mol. The number of aromatic nitrogens is 4. The van der Waals surface area contributed by atoms with Crippen LogP contribution in [0.5, 0.6) is 0 Å². The summed E-state index contributed by atoms with van der Waals surface area (Å²) in [6.07, 6.45) is 8.33. The van der Waals surface area contributed by atoms with Crippen LogP contribution in [0.15, 0.2) is 40.4 Å². The highest BCUT2D eigenvalue weighted by atomic mass is 35.5. The molecule has 5 rings (SSSR count). The van der Waals surface area contributed by atoms with Crippen LogP contribution in [0, 0.1) is 18.3 Å². The molecule has 1 spiro atoms. The van der Waals surface area contributed by atoms with Crippen molar-refractivity contribution in [3.05, 3.63) is 46.2 Å². The molecule has 2 aromatic heterocycles. The fourth-order valence-corrected chi connectivity index (χ4v) is 6.62. The third-order valence-corrected chi connectivity index (χ3v) is 9.37. The molecule has 1 saturated heterocycles. The average Bonchev–Trinajstić information content (AvgIpc) is 3.44. The van der Waals surface area contributed by atoms with E-state index < -0.39 is 0 Å². The van der Waals surface area contributed by atoms with Crippen LogP contribution >= 0.6 is 35.0 Å². The van der Waals surface area contributed by atoms with Gasteiger partial charge >= 0.3 is 0 Å². The van der Waals surface area contributed by atoms with Gasteiger partial charge in [-0.05, 0) is 55.7 Å². The molecule has 1 saturated carbocycles. The zero-order valence-electron chi connectivity index (χ0n) is 18.4. The van der Waals surface area contributed by atoms with E-state index in [1.165, 1.54) is 43.9 Å². The molecule has 0 unspecified atom stereocenters. The van der Waals surface area contributed by atoms with Crippen LogP contribution in [0.25, 0.3) is 11.4 Å². The van der Waals surface area contributed by atoms with Crippen molar-refractivity contribution in [3.63, 3.8) is 0 Å². The monoisotopic (exact) mass is 487 g/mol. The van der Waals surface area contributed by atoms with Crippen molar-refractivity contribution in [2.24, 2.45) is 11.3 Å². The predicted molar refractivity (Wildman–Crippen MR) is 132 cm³/mol. The Bertz CT molecular complexity index is 1110. The SMILES string of the molecule is Cc1nc(N2CCC3(CCC[C@H]3C)CC2)c(-c2ccn[nH]2)nc1Sc1cccc(Cl)c1Cl. The van der Waals surface area contributed by atoms with Gasteiger partial charge in [0.1, 0.15) is 10.7 Å². The largest absolute Gasteiger partial charge is 0.355 e. The minimum atomic E-state index is 0.520. The third kappa shape index (κ3) is 4.02. The van der Waals surface area contributed by atoms with Gasteiger partial charge in [0.15, 0.2) is 5.82 Å². The lowest BCUT2D eigenvalue weighted by Crippen LogP contribution is -2.42. The van der Waals surface area contributed by atoms with E-state index in [2.05, 4.69) is 22.0 Å². The van der Waals surface area contributed by atoms with Gasteiger partial charge in [-0.15, -0.1) is 0 Å². The minimum Gasteiger partial charge on any atom is -0.355 e. The number of piperidine rings is 1. The molecule has 3 heterocycles. The number of nitrogens with one attached hydrogen (secondary N) is 1. The Labute approximate surface area is 203 Å². The summed E-state index contributed by atoms with van der Waals surface area (Å²) < 4.78 is 0. The summed E-state index contributed by atoms with van der Waals surface area (Å²) in [5.74, 6) is 1.76. The molecule has 0 bridgehead atoms. The summed E-state index contributed by atoms with van der Waals surface area (Å²) in [6.45, 7) is 6.49. The minimum absolute atomic E-state index is 0.520. The van der Waals surface area contributed by atoms with Crippen molar-refractivity contribution in [2.45, 2.75) is 55.9 Å². The van der Waals surface area contributed by atoms with E-state index in [9.17, 15) is 0 Å². The van der Waals surface area contributed by atoms with Crippen molar-refractivity contribution in [1.82, 2.24) is 20.2 Å². The number of H-pyrrole nitrogens is 1. The van der Waals surface area contributed by atoms with Gasteiger partial charge in [0, 0.05) is 24.2 Å². The number of hydrogen-bond donors (Lipinski definition) is 1. The normalized spacial score (nSPS) is 20.2. The second-order valence-electron chi connectivity index (χ2n) is 9.05. The van der Waals surface area contributed by atoms with Crippen LogP contribution in [0.2, 0.25) is 10.0 Å². The van der Waals surface area contributed by atoms with Crippen LogP contribution in [0.1, 0.15) is 44.7 Å². The Morgan fingerprint density at radius 2 is 1.94 bits per heavy atom. The summed E-state index contributed by atoms with van der Waals surface area (Å²) in [7, 11) is 0. The fraction of sp³-hybridized carbons (Fsp3) is 0.458. The maximum absolute atomic E-state index is 6.43. The summed E-state index contributed by atoms with van der Waals surface area (Å²) in [5.41, 5.74) is 3.12. The van der Waals surface area contributed by atoms with E-state index in [0.29, 0.717) is 15.5 Å². The number of hydrogen-bond acceptors (Lipinski definition) is 5. The molecular weight excluding hydrogens is 461 g/mol. The molecule has 2 aliphatic rings. The first-order valence-electron chi connectivity index (χ1n) is 11.2. The van der Waals surface area contributed by atoms with E-state index in [4.69, 9.17) is 33.2 Å². The van der Waals surface area contributed by atoms with Gasteiger partial charge in [-0.3, -0.25) is 5.10 Å². The lowest BCUT2D eigenvalue weighted by Gasteiger charge is -2.43. The van der Waals surface area contributed by atoms with Gasteiger partial charge in [-0.1, -0.05) is 60.8 Å². The Morgan fingerprint density at radius 3 is 2.62 bits per heavy atom. The maximum atomic E-state index is 6.43. The summed E-state index contributed by atoms with van der Waals surface area (Å²) >= 11 is 14.1. The van der Waals surface area contributed by atoms with Crippen LogP contribution in [0.3, 0.4) is 0 Å². The van der Waals surface area contributed by atoms with Crippen molar-refractivity contribution < 1.29 is 0 Å². The van der Waals surface area contributed by atoms with E-state index in [1.54, 1.807) is 12.3 Å². The standard InChI is InChI=1S/C24H27Cl2N5S/c1-15-5-4-9-24(15)10-13-31(14-11-24)22-21(18-8-12-27-30-18)29-23(16(2)28-22)32-19-7-3-6-17(25)20(19)26/h3,6-8,12,15H,4-5,9-11,13-14H2,1-2H3,(H,27,30)/t15-/m1/s1. The molecule has 1 aliphatic carbocycles. The van der Waals surface area contributed by atoms with Crippen molar-refractivity contribution in [3.8, 4) is 11.4 Å². The fourth-order valence-electron chi connectivity index (χ4n) is 5.26. The Morgan fingerprint density at radius 1 is 1.12 bits per heavy atom. The van der Waals surface area contributed by atoms with Crippen LogP contribution < -0.4 is 4.90 Å². The molecule has 0 amide bonds. The van der Waals surface area contributed by atoms with Gasteiger partial charge in [0.25, 0.3) is 0 Å². The number of rotatable bonds is 4. The first-order valence-corrected chi connectivity index (χ1v) is 12.8. The molecule has 1 aliphatic heterocycles. The summed E-state index contributed by atoms with van der Waals surface area (Å²) in [6, 6.07) is 7.60. The third-order valence-electron chi connectivity index (χ3n) is 7.30. The van der Waals surface area contributed by atoms with Crippen molar-refractivity contribution in [2.75, 3.05) is 18.0 Å². The van der Waals surface area contributed by atoms with Crippen LogP contribution in [-0.2, 0) is 0 Å². The van der Waals surface area contributed by atoms with E-state index in [0.717, 1.165) is 51.8 Å². The molecule has 3 aromatic rings. The zero-order valence-corrected chi connectivity index (χ0v) is 20.7. The topological polar surface area (TPSA) is 57.7 Å². The summed E-state index contributed by atoms with van der Waals surface area (Å²) in [5, 5.41) is 9.14. The highest BCUT2D eigenvalue weighted by Crippen LogP contribution is 2.51. The molecule has 2 fully saturated rings. The maximum Gasteiger partial charge on any atom is 0.157 e. The number of aryl methyl sites for hydroxylation is 1. The van der Waals surface area contributed by atoms with Crippen molar-refractivity contribution >= 4 is 40.8 Å². The van der Waals surface area contributed by atoms with Crippen LogP contribution in [0.4, 0.5) is 5.82 Å². The number of halogens is 2. The first-order chi connectivity index (χ1) is 15.5. The van der Waals surface area contributed by atoms with E-state index >= 15 is 0 Å². The zero-order chi connectivity index (χ0) is 22.3. The van der Waals surface area contributed by atoms with Gasteiger partial charge in [-0.25, -0.2) is 9.97 Å². The molecule has 5 nitrogen and oxygen atoms in total. The number of benzene rings is 1. The predicted octanol–water partition coefficient (Wildman–Crippen LogP) is 7.04. The first kappa shape index (κ1) is 22.1. The summed E-state index contributed by atoms with van der Waals surface area (Å²) in [4.78, 5) is 13.4. The molecule has 1 aromatic carbocycles. The van der Waals surface area contributed by atoms with Gasteiger partial charge in [0.2, 0.25) is 0 Å².